The van der Waals surface area contributed by atoms with E-state index in [1.54, 1.807) is 35.9 Å². The van der Waals surface area contributed by atoms with Crippen LogP contribution in [0.1, 0.15) is 31.8 Å². The van der Waals surface area contributed by atoms with E-state index in [1.165, 1.54) is 0 Å². The Morgan fingerprint density at radius 1 is 1.07 bits per heavy atom. The summed E-state index contributed by atoms with van der Waals surface area (Å²) in [5.74, 6) is -0.820. The third-order valence-corrected chi connectivity index (χ3v) is 4.96. The quantitative estimate of drug-likeness (QED) is 0.354. The van der Waals surface area contributed by atoms with Crippen LogP contribution >= 0.6 is 0 Å². The number of carbonyl (C=O) groups is 2. The molecule has 0 bridgehead atoms. The Bertz CT molecular complexity index is 1230. The summed E-state index contributed by atoms with van der Waals surface area (Å²) in [7, 11) is 0. The van der Waals surface area contributed by atoms with Gasteiger partial charge in [0.2, 0.25) is 0 Å². The highest BCUT2D eigenvalue weighted by molar-refractivity contribution is 6.01. The van der Waals surface area contributed by atoms with Gasteiger partial charge in [-0.05, 0) is 47.4 Å². The lowest BCUT2D eigenvalue weighted by molar-refractivity contribution is 0.0706. The first-order valence-corrected chi connectivity index (χ1v) is 9.41. The molecule has 0 saturated carbocycles. The first-order valence-electron chi connectivity index (χ1n) is 9.41. The second-order valence-corrected chi connectivity index (χ2v) is 6.94. The highest BCUT2D eigenvalue weighted by Gasteiger charge is 2.15. The highest BCUT2D eigenvalue weighted by atomic mass is 16.5. The molecule has 2 heterocycles. The Labute approximate surface area is 173 Å². The SMILES string of the molecule is Cc1ccccc1-c1cc(C(=O)NCc2ccc(C(=O)NO)cc2)c2nccn2c1. The van der Waals surface area contributed by atoms with Gasteiger partial charge in [-0.15, -0.1) is 0 Å². The number of fused-ring (bicyclic) bond motifs is 1. The molecule has 4 rings (SSSR count). The zero-order valence-corrected chi connectivity index (χ0v) is 16.3. The number of nitrogens with one attached hydrogen (secondary N) is 2. The van der Waals surface area contributed by atoms with Gasteiger partial charge in [-0.25, -0.2) is 10.5 Å². The van der Waals surface area contributed by atoms with Crippen LogP contribution in [0.25, 0.3) is 16.8 Å². The second-order valence-electron chi connectivity index (χ2n) is 6.94. The molecule has 4 aromatic rings. The maximum atomic E-state index is 13.0. The van der Waals surface area contributed by atoms with Crippen molar-refractivity contribution in [3.05, 3.63) is 95.4 Å². The van der Waals surface area contributed by atoms with E-state index in [2.05, 4.69) is 10.3 Å². The van der Waals surface area contributed by atoms with Crippen molar-refractivity contribution in [2.24, 2.45) is 0 Å². The Morgan fingerprint density at radius 2 is 1.83 bits per heavy atom. The molecule has 0 unspecified atom stereocenters. The minimum Gasteiger partial charge on any atom is -0.348 e. The molecule has 0 spiro atoms. The average Bonchev–Trinajstić information content (AvgIpc) is 3.25. The van der Waals surface area contributed by atoms with Crippen LogP contribution < -0.4 is 10.8 Å². The van der Waals surface area contributed by atoms with Crippen LogP contribution in [0.2, 0.25) is 0 Å². The van der Waals surface area contributed by atoms with E-state index in [0.29, 0.717) is 23.3 Å². The summed E-state index contributed by atoms with van der Waals surface area (Å²) in [6, 6.07) is 16.5. The van der Waals surface area contributed by atoms with Crippen molar-refractivity contribution in [3.8, 4) is 11.1 Å². The van der Waals surface area contributed by atoms with Gasteiger partial charge < -0.3 is 9.72 Å². The molecular weight excluding hydrogens is 380 g/mol. The van der Waals surface area contributed by atoms with Gasteiger partial charge in [-0.2, -0.15) is 0 Å². The van der Waals surface area contributed by atoms with Gasteiger partial charge in [0, 0.05) is 30.7 Å². The summed E-state index contributed by atoms with van der Waals surface area (Å²) >= 11 is 0. The number of pyridine rings is 1. The number of aryl methyl sites for hydroxylation is 1. The van der Waals surface area contributed by atoms with E-state index >= 15 is 0 Å². The Kier molecular flexibility index (Phi) is 5.28. The van der Waals surface area contributed by atoms with Crippen LogP contribution in [-0.2, 0) is 6.54 Å². The first-order chi connectivity index (χ1) is 14.6. The number of nitrogens with zero attached hydrogens (tertiary/aromatic N) is 2. The number of rotatable bonds is 5. The van der Waals surface area contributed by atoms with Crippen molar-refractivity contribution < 1.29 is 14.8 Å². The molecule has 150 valence electrons. The number of imidazole rings is 1. The molecule has 0 radical (unpaired) electrons. The summed E-state index contributed by atoms with van der Waals surface area (Å²) in [6.45, 7) is 2.33. The van der Waals surface area contributed by atoms with Gasteiger partial charge in [-0.1, -0.05) is 36.4 Å². The lowest BCUT2D eigenvalue weighted by Gasteiger charge is -2.11. The molecule has 2 amide bonds. The zero-order valence-electron chi connectivity index (χ0n) is 16.3. The molecule has 0 fully saturated rings. The maximum Gasteiger partial charge on any atom is 0.274 e. The van der Waals surface area contributed by atoms with E-state index < -0.39 is 5.91 Å². The van der Waals surface area contributed by atoms with Gasteiger partial charge >= 0.3 is 0 Å². The van der Waals surface area contributed by atoms with Crippen molar-refractivity contribution in [2.75, 3.05) is 0 Å². The predicted octanol–water partition coefficient (Wildman–Crippen LogP) is 3.36. The molecule has 2 aromatic heterocycles. The molecule has 0 aliphatic heterocycles. The number of carbonyl (C=O) groups excluding carboxylic acids is 2. The van der Waals surface area contributed by atoms with E-state index in [0.717, 1.165) is 22.3 Å². The highest BCUT2D eigenvalue weighted by Crippen LogP contribution is 2.25. The lowest BCUT2D eigenvalue weighted by atomic mass is 10.0. The molecule has 30 heavy (non-hydrogen) atoms. The van der Waals surface area contributed by atoms with Crippen LogP contribution in [0.3, 0.4) is 0 Å². The van der Waals surface area contributed by atoms with E-state index in [4.69, 9.17) is 5.21 Å². The number of amides is 2. The fraction of sp³-hybridized carbons (Fsp3) is 0.0870. The monoisotopic (exact) mass is 400 g/mol. The largest absolute Gasteiger partial charge is 0.348 e. The van der Waals surface area contributed by atoms with Gasteiger partial charge in [0.15, 0.2) is 0 Å². The minimum absolute atomic E-state index is 0.237. The standard InChI is InChI=1S/C23H20N4O3/c1-15-4-2-3-5-19(15)18-12-20(21-24-10-11-27(21)14-18)23(29)25-13-16-6-8-17(9-7-16)22(28)26-30/h2-12,14,30H,13H2,1H3,(H,25,29)(H,26,28). The van der Waals surface area contributed by atoms with E-state index in [1.807, 2.05) is 54.0 Å². The number of aromatic nitrogens is 2. The summed E-state index contributed by atoms with van der Waals surface area (Å²) < 4.78 is 1.85. The molecule has 3 N–H and O–H groups in total. The minimum atomic E-state index is -0.583. The molecule has 0 atom stereocenters. The number of benzene rings is 2. The maximum absolute atomic E-state index is 13.0. The van der Waals surface area contributed by atoms with Crippen molar-refractivity contribution in [3.63, 3.8) is 0 Å². The van der Waals surface area contributed by atoms with Gasteiger partial charge in [-0.3, -0.25) is 14.8 Å². The Balaban J connectivity index is 1.59. The average molecular weight is 400 g/mol. The van der Waals surface area contributed by atoms with Crippen LogP contribution in [0, 0.1) is 6.92 Å². The predicted molar refractivity (Wildman–Crippen MR) is 112 cm³/mol. The summed E-state index contributed by atoms with van der Waals surface area (Å²) in [6.07, 6.45) is 5.45. The molecule has 7 nitrogen and oxygen atoms in total. The second kappa shape index (κ2) is 8.18. The van der Waals surface area contributed by atoms with Crippen LogP contribution in [0.5, 0.6) is 0 Å². The van der Waals surface area contributed by atoms with Crippen LogP contribution in [0.4, 0.5) is 0 Å². The van der Waals surface area contributed by atoms with Crippen molar-refractivity contribution in [1.29, 1.82) is 0 Å². The third kappa shape index (κ3) is 3.78. The first kappa shape index (κ1) is 19.4. The number of hydrogen-bond acceptors (Lipinski definition) is 4. The Hall–Kier alpha value is -3.97. The summed E-state index contributed by atoms with van der Waals surface area (Å²) in [4.78, 5) is 28.7. The molecular formula is C23H20N4O3. The number of hydroxylamine groups is 1. The van der Waals surface area contributed by atoms with Gasteiger partial charge in [0.1, 0.15) is 5.65 Å². The zero-order chi connectivity index (χ0) is 21.1. The van der Waals surface area contributed by atoms with Crippen molar-refractivity contribution in [2.45, 2.75) is 13.5 Å². The molecule has 7 heteroatoms. The normalized spacial score (nSPS) is 10.7. The molecule has 0 saturated heterocycles. The topological polar surface area (TPSA) is 95.7 Å². The fourth-order valence-electron chi connectivity index (χ4n) is 3.36. The van der Waals surface area contributed by atoms with Crippen LogP contribution in [0.15, 0.2) is 73.2 Å². The van der Waals surface area contributed by atoms with E-state index in [-0.39, 0.29) is 5.91 Å². The molecule has 0 aliphatic carbocycles. The van der Waals surface area contributed by atoms with Gasteiger partial charge in [0.25, 0.3) is 11.8 Å². The Morgan fingerprint density at radius 3 is 2.57 bits per heavy atom. The van der Waals surface area contributed by atoms with Crippen molar-refractivity contribution >= 4 is 17.5 Å². The van der Waals surface area contributed by atoms with Gasteiger partial charge in [0.05, 0.1) is 5.56 Å². The number of hydrogen-bond donors (Lipinski definition) is 3. The third-order valence-electron chi connectivity index (χ3n) is 4.96. The van der Waals surface area contributed by atoms with E-state index in [9.17, 15) is 9.59 Å². The van der Waals surface area contributed by atoms with Crippen LogP contribution in [-0.4, -0.2) is 26.4 Å². The molecule has 0 aliphatic rings. The summed E-state index contributed by atoms with van der Waals surface area (Å²) in [5, 5.41) is 11.6. The lowest BCUT2D eigenvalue weighted by Crippen LogP contribution is -2.24. The fourth-order valence-corrected chi connectivity index (χ4v) is 3.36. The van der Waals surface area contributed by atoms with Crippen molar-refractivity contribution in [1.82, 2.24) is 20.2 Å². The smallest absolute Gasteiger partial charge is 0.274 e. The summed E-state index contributed by atoms with van der Waals surface area (Å²) in [5.41, 5.74) is 6.93. The molecule has 2 aromatic carbocycles.